The van der Waals surface area contributed by atoms with E-state index in [-0.39, 0.29) is 0 Å². The molecule has 0 fully saturated rings. The molecule has 0 N–H and O–H groups in total. The van der Waals surface area contributed by atoms with Crippen molar-refractivity contribution in [3.63, 3.8) is 0 Å². The van der Waals surface area contributed by atoms with E-state index in [1.165, 1.54) is 0 Å². The Hall–Kier alpha value is -0.460. The van der Waals surface area contributed by atoms with Crippen molar-refractivity contribution >= 4 is 23.2 Å². The van der Waals surface area contributed by atoms with Crippen LogP contribution in [0.5, 0.6) is 0 Å². The first-order chi connectivity index (χ1) is 7.20. The molecular formula is C13H16Cl2. The Morgan fingerprint density at radius 2 is 2.07 bits per heavy atom. The van der Waals surface area contributed by atoms with Crippen molar-refractivity contribution < 1.29 is 0 Å². The predicted molar refractivity (Wildman–Crippen MR) is 68.9 cm³/mol. The molecule has 0 saturated heterocycles. The van der Waals surface area contributed by atoms with Crippen molar-refractivity contribution in [3.05, 3.63) is 46.0 Å². The third-order valence-electron chi connectivity index (χ3n) is 2.57. The standard InChI is InChI=1S/C13H16Cl2/c1-3-5-7-10(4-2)11-8-6-9-12(14)13(11)15/h3,5-6,8-10H,4,7H2,1-2H3/b5-3-. The van der Waals surface area contributed by atoms with Crippen molar-refractivity contribution in [2.75, 3.05) is 0 Å². The molecule has 0 saturated carbocycles. The van der Waals surface area contributed by atoms with Crippen LogP contribution >= 0.6 is 23.2 Å². The second-order valence-corrected chi connectivity index (χ2v) is 4.34. The molecule has 0 amide bonds. The lowest BCUT2D eigenvalue weighted by Gasteiger charge is -2.15. The Balaban J connectivity index is 2.96. The summed E-state index contributed by atoms with van der Waals surface area (Å²) in [6, 6.07) is 5.85. The molecule has 1 atom stereocenters. The van der Waals surface area contributed by atoms with E-state index in [1.807, 2.05) is 19.1 Å². The smallest absolute Gasteiger partial charge is 0.0627 e. The molecule has 1 unspecified atom stereocenters. The van der Waals surface area contributed by atoms with Crippen molar-refractivity contribution in [1.29, 1.82) is 0 Å². The van der Waals surface area contributed by atoms with Crippen LogP contribution in [0.15, 0.2) is 30.4 Å². The van der Waals surface area contributed by atoms with Gasteiger partial charge in [0.15, 0.2) is 0 Å². The minimum atomic E-state index is 0.465. The average molecular weight is 243 g/mol. The Morgan fingerprint density at radius 3 is 2.67 bits per heavy atom. The predicted octanol–water partition coefficient (Wildman–Crippen LogP) is 5.45. The van der Waals surface area contributed by atoms with Gasteiger partial charge in [-0.25, -0.2) is 0 Å². The summed E-state index contributed by atoms with van der Waals surface area (Å²) in [6.07, 6.45) is 6.34. The van der Waals surface area contributed by atoms with Gasteiger partial charge in [0.1, 0.15) is 0 Å². The van der Waals surface area contributed by atoms with Crippen LogP contribution < -0.4 is 0 Å². The largest absolute Gasteiger partial charge is 0.0916 e. The summed E-state index contributed by atoms with van der Waals surface area (Å²) in [5.41, 5.74) is 1.16. The van der Waals surface area contributed by atoms with Gasteiger partial charge in [-0.2, -0.15) is 0 Å². The van der Waals surface area contributed by atoms with Gasteiger partial charge in [0.2, 0.25) is 0 Å². The fraction of sp³-hybridized carbons (Fsp3) is 0.385. The number of halogens is 2. The SMILES string of the molecule is C/C=C\CC(CC)c1cccc(Cl)c1Cl. The summed E-state index contributed by atoms with van der Waals surface area (Å²) < 4.78 is 0. The van der Waals surface area contributed by atoms with Gasteiger partial charge in [-0.15, -0.1) is 0 Å². The fourth-order valence-corrected chi connectivity index (χ4v) is 2.11. The molecule has 15 heavy (non-hydrogen) atoms. The van der Waals surface area contributed by atoms with E-state index in [9.17, 15) is 0 Å². The lowest BCUT2D eigenvalue weighted by Crippen LogP contribution is -1.97. The summed E-state index contributed by atoms with van der Waals surface area (Å²) >= 11 is 12.2. The Labute approximate surface area is 102 Å². The maximum atomic E-state index is 6.19. The second kappa shape index (κ2) is 6.19. The highest BCUT2D eigenvalue weighted by molar-refractivity contribution is 6.42. The van der Waals surface area contributed by atoms with Crippen LogP contribution in [0.3, 0.4) is 0 Å². The molecule has 1 aromatic carbocycles. The van der Waals surface area contributed by atoms with Gasteiger partial charge in [-0.05, 0) is 37.3 Å². The normalized spacial score (nSPS) is 13.3. The van der Waals surface area contributed by atoms with Gasteiger partial charge in [0.25, 0.3) is 0 Å². The molecule has 0 aliphatic carbocycles. The van der Waals surface area contributed by atoms with Crippen LogP contribution in [-0.2, 0) is 0 Å². The number of hydrogen-bond donors (Lipinski definition) is 0. The zero-order valence-corrected chi connectivity index (χ0v) is 10.6. The van der Waals surface area contributed by atoms with Gasteiger partial charge in [0, 0.05) is 0 Å². The summed E-state index contributed by atoms with van der Waals surface area (Å²) in [7, 11) is 0. The molecule has 0 aliphatic heterocycles. The molecule has 0 nitrogen and oxygen atoms in total. The van der Waals surface area contributed by atoms with E-state index in [2.05, 4.69) is 25.1 Å². The quantitative estimate of drug-likeness (QED) is 0.616. The number of allylic oxidation sites excluding steroid dienone is 2. The van der Waals surface area contributed by atoms with Gasteiger partial charge in [-0.1, -0.05) is 54.4 Å². The van der Waals surface area contributed by atoms with Crippen LogP contribution in [0.1, 0.15) is 38.2 Å². The zero-order valence-electron chi connectivity index (χ0n) is 9.13. The van der Waals surface area contributed by atoms with Crippen molar-refractivity contribution in [2.24, 2.45) is 0 Å². The van der Waals surface area contributed by atoms with E-state index in [0.717, 1.165) is 18.4 Å². The molecule has 0 heterocycles. The molecule has 0 aromatic heterocycles. The molecule has 1 rings (SSSR count). The molecule has 2 heteroatoms. The average Bonchev–Trinajstić information content (AvgIpc) is 2.25. The van der Waals surface area contributed by atoms with Crippen LogP contribution in [-0.4, -0.2) is 0 Å². The molecule has 82 valence electrons. The molecule has 0 bridgehead atoms. The highest BCUT2D eigenvalue weighted by Gasteiger charge is 2.12. The minimum absolute atomic E-state index is 0.465. The first-order valence-corrected chi connectivity index (χ1v) is 6.01. The molecule has 1 aromatic rings. The topological polar surface area (TPSA) is 0 Å². The van der Waals surface area contributed by atoms with E-state index in [0.29, 0.717) is 16.0 Å². The minimum Gasteiger partial charge on any atom is -0.0916 e. The van der Waals surface area contributed by atoms with Crippen LogP contribution in [0.25, 0.3) is 0 Å². The van der Waals surface area contributed by atoms with E-state index < -0.39 is 0 Å². The fourth-order valence-electron chi connectivity index (χ4n) is 1.65. The third-order valence-corrected chi connectivity index (χ3v) is 3.40. The summed E-state index contributed by atoms with van der Waals surface area (Å²) in [4.78, 5) is 0. The number of rotatable bonds is 4. The van der Waals surface area contributed by atoms with Gasteiger partial charge in [0.05, 0.1) is 10.0 Å². The monoisotopic (exact) mass is 242 g/mol. The Morgan fingerprint density at radius 1 is 1.33 bits per heavy atom. The third kappa shape index (κ3) is 3.25. The van der Waals surface area contributed by atoms with Gasteiger partial charge < -0.3 is 0 Å². The summed E-state index contributed by atoms with van der Waals surface area (Å²) in [6.45, 7) is 4.21. The highest BCUT2D eigenvalue weighted by Crippen LogP contribution is 2.34. The van der Waals surface area contributed by atoms with Crippen LogP contribution in [0.2, 0.25) is 10.0 Å². The molecule has 0 spiro atoms. The summed E-state index contributed by atoms with van der Waals surface area (Å²) in [5.74, 6) is 0.465. The van der Waals surface area contributed by atoms with Crippen LogP contribution in [0.4, 0.5) is 0 Å². The second-order valence-electron chi connectivity index (χ2n) is 3.55. The lowest BCUT2D eigenvalue weighted by molar-refractivity contribution is 0.674. The number of benzene rings is 1. The van der Waals surface area contributed by atoms with Gasteiger partial charge >= 0.3 is 0 Å². The molecule has 0 aliphatic rings. The van der Waals surface area contributed by atoms with Crippen LogP contribution in [0, 0.1) is 0 Å². The summed E-state index contributed by atoms with van der Waals surface area (Å²) in [5, 5.41) is 1.35. The van der Waals surface area contributed by atoms with Crippen molar-refractivity contribution in [1.82, 2.24) is 0 Å². The molecular weight excluding hydrogens is 227 g/mol. The van der Waals surface area contributed by atoms with E-state index >= 15 is 0 Å². The lowest BCUT2D eigenvalue weighted by atomic mass is 9.93. The number of hydrogen-bond acceptors (Lipinski definition) is 0. The van der Waals surface area contributed by atoms with Gasteiger partial charge in [-0.3, -0.25) is 0 Å². The Bertz CT molecular complexity index is 342. The molecule has 0 radical (unpaired) electrons. The highest BCUT2D eigenvalue weighted by atomic mass is 35.5. The Kier molecular flexibility index (Phi) is 5.21. The first kappa shape index (κ1) is 12.6. The first-order valence-electron chi connectivity index (χ1n) is 5.25. The zero-order chi connectivity index (χ0) is 11.3. The maximum absolute atomic E-state index is 6.19. The van der Waals surface area contributed by atoms with E-state index in [4.69, 9.17) is 23.2 Å². The van der Waals surface area contributed by atoms with Crippen molar-refractivity contribution in [3.8, 4) is 0 Å². The van der Waals surface area contributed by atoms with E-state index in [1.54, 1.807) is 0 Å². The van der Waals surface area contributed by atoms with Crippen molar-refractivity contribution in [2.45, 2.75) is 32.6 Å². The maximum Gasteiger partial charge on any atom is 0.0627 e.